The van der Waals surface area contributed by atoms with Crippen molar-refractivity contribution in [3.05, 3.63) is 98.4 Å². The van der Waals surface area contributed by atoms with Gasteiger partial charge in [0.1, 0.15) is 17.0 Å². The number of carbonyl (C=O) groups excluding carboxylic acids is 3. The third-order valence-corrected chi connectivity index (χ3v) is 11.3. The Balaban J connectivity index is 1.23. The quantitative estimate of drug-likeness (QED) is 0.310. The zero-order valence-electron chi connectivity index (χ0n) is 22.1. The average molecular weight is 623 g/mol. The number of aromatic amines is 1. The number of likely N-dealkylation sites (tertiary alicyclic amines) is 1. The molecule has 0 spiro atoms. The SMILES string of the molecule is O=C(NC(Cc1cccs1)C(=O)N1CCC2C1C(=O)CN2S(=O)(=O)c1ccc[nH]c1=O)c1ccc(-c2cccs2)cc1. The fourth-order valence-electron chi connectivity index (χ4n) is 5.58. The Kier molecular flexibility index (Phi) is 7.66. The Bertz CT molecular complexity index is 1780. The summed E-state index contributed by atoms with van der Waals surface area (Å²) in [6.45, 7) is -0.294. The number of thiophene rings is 2. The van der Waals surface area contributed by atoms with Crippen LogP contribution in [-0.2, 0) is 26.0 Å². The number of rotatable bonds is 8. The van der Waals surface area contributed by atoms with Gasteiger partial charge >= 0.3 is 0 Å². The number of nitrogens with zero attached hydrogens (tertiary/aromatic N) is 2. The molecule has 0 radical (unpaired) electrons. The molecule has 42 heavy (non-hydrogen) atoms. The van der Waals surface area contributed by atoms with E-state index in [4.69, 9.17) is 0 Å². The molecule has 0 saturated carbocycles. The molecule has 3 aromatic heterocycles. The molecule has 6 rings (SSSR count). The molecule has 2 amide bonds. The van der Waals surface area contributed by atoms with E-state index in [0.29, 0.717) is 5.56 Å². The van der Waals surface area contributed by atoms with Crippen molar-refractivity contribution in [3.8, 4) is 10.4 Å². The summed E-state index contributed by atoms with van der Waals surface area (Å²) in [6, 6.07) is 14.6. The normalized spacial score (nSPS) is 19.5. The van der Waals surface area contributed by atoms with E-state index in [9.17, 15) is 27.6 Å². The van der Waals surface area contributed by atoms with Crippen LogP contribution in [0.4, 0.5) is 0 Å². The predicted octanol–water partition coefficient (Wildman–Crippen LogP) is 2.75. The first-order chi connectivity index (χ1) is 20.2. The molecule has 3 atom stereocenters. The molecule has 10 nitrogen and oxygen atoms in total. The minimum atomic E-state index is -4.28. The van der Waals surface area contributed by atoms with E-state index >= 15 is 0 Å². The number of ketones is 1. The van der Waals surface area contributed by atoms with Crippen LogP contribution in [0.25, 0.3) is 10.4 Å². The van der Waals surface area contributed by atoms with Gasteiger partial charge in [-0.05, 0) is 59.1 Å². The van der Waals surface area contributed by atoms with Gasteiger partial charge in [-0.1, -0.05) is 24.3 Å². The van der Waals surface area contributed by atoms with Crippen LogP contribution in [0.2, 0.25) is 0 Å². The molecule has 5 heterocycles. The van der Waals surface area contributed by atoms with Crippen molar-refractivity contribution in [1.29, 1.82) is 0 Å². The van der Waals surface area contributed by atoms with E-state index in [-0.39, 0.29) is 19.4 Å². The fraction of sp³-hybridized carbons (Fsp3) is 0.241. The van der Waals surface area contributed by atoms with Crippen molar-refractivity contribution in [2.45, 2.75) is 35.9 Å². The third-order valence-electron chi connectivity index (χ3n) is 7.57. The van der Waals surface area contributed by atoms with Crippen molar-refractivity contribution < 1.29 is 22.8 Å². The van der Waals surface area contributed by atoms with Crippen LogP contribution in [-0.4, -0.2) is 71.4 Å². The second-order valence-electron chi connectivity index (χ2n) is 10.1. The largest absolute Gasteiger partial charge is 0.340 e. The molecule has 0 aliphatic carbocycles. The molecular weight excluding hydrogens is 597 g/mol. The van der Waals surface area contributed by atoms with Gasteiger partial charge in [0.2, 0.25) is 15.9 Å². The Morgan fingerprint density at radius 2 is 1.76 bits per heavy atom. The molecule has 2 aliphatic rings. The molecule has 216 valence electrons. The number of amides is 2. The maximum absolute atomic E-state index is 14.0. The van der Waals surface area contributed by atoms with E-state index < -0.39 is 62.7 Å². The number of Topliss-reactive ketones (excluding diaryl/α,β-unsaturated/α-hetero) is 1. The van der Waals surface area contributed by atoms with Crippen LogP contribution in [0.1, 0.15) is 21.7 Å². The summed E-state index contributed by atoms with van der Waals surface area (Å²) in [5.74, 6) is -1.31. The second kappa shape index (κ2) is 11.4. The number of H-pyrrole nitrogens is 1. The predicted molar refractivity (Wildman–Crippen MR) is 159 cm³/mol. The first-order valence-electron chi connectivity index (χ1n) is 13.2. The minimum absolute atomic E-state index is 0.142. The summed E-state index contributed by atoms with van der Waals surface area (Å²) < 4.78 is 27.8. The first kappa shape index (κ1) is 28.2. The Hall–Kier alpha value is -3.91. The number of pyridine rings is 1. The first-order valence-corrected chi connectivity index (χ1v) is 16.4. The highest BCUT2D eigenvalue weighted by molar-refractivity contribution is 7.89. The van der Waals surface area contributed by atoms with Gasteiger partial charge in [0.15, 0.2) is 5.78 Å². The lowest BCUT2D eigenvalue weighted by molar-refractivity contribution is -0.138. The average Bonchev–Trinajstić information content (AvgIpc) is 3.80. The summed E-state index contributed by atoms with van der Waals surface area (Å²) in [6.07, 6.45) is 1.78. The summed E-state index contributed by atoms with van der Waals surface area (Å²) >= 11 is 3.04. The molecule has 4 aromatic rings. The second-order valence-corrected chi connectivity index (χ2v) is 13.9. The van der Waals surface area contributed by atoms with E-state index in [1.54, 1.807) is 23.5 Å². The zero-order valence-corrected chi connectivity index (χ0v) is 24.6. The number of hydrogen-bond donors (Lipinski definition) is 2. The number of hydrogen-bond acceptors (Lipinski definition) is 8. The number of fused-ring (bicyclic) bond motifs is 1. The Labute approximate surface area is 249 Å². The number of aromatic nitrogens is 1. The van der Waals surface area contributed by atoms with E-state index in [2.05, 4.69) is 10.3 Å². The third kappa shape index (κ3) is 5.24. The van der Waals surface area contributed by atoms with Crippen molar-refractivity contribution in [3.63, 3.8) is 0 Å². The van der Waals surface area contributed by atoms with Crippen LogP contribution in [0.5, 0.6) is 0 Å². The number of benzene rings is 1. The minimum Gasteiger partial charge on any atom is -0.340 e. The van der Waals surface area contributed by atoms with Crippen LogP contribution in [0.3, 0.4) is 0 Å². The molecule has 0 bridgehead atoms. The number of sulfonamides is 1. The summed E-state index contributed by atoms with van der Waals surface area (Å²) in [5.41, 5.74) is 0.593. The number of carbonyl (C=O) groups is 3. The lowest BCUT2D eigenvalue weighted by atomic mass is 10.1. The van der Waals surface area contributed by atoms with Crippen LogP contribution in [0.15, 0.2) is 87.3 Å². The lowest BCUT2D eigenvalue weighted by Gasteiger charge is -2.28. The van der Waals surface area contributed by atoms with Crippen molar-refractivity contribution in [2.24, 2.45) is 0 Å². The smallest absolute Gasteiger partial charge is 0.268 e. The van der Waals surface area contributed by atoms with Gasteiger partial charge in [0.05, 0.1) is 12.6 Å². The van der Waals surface area contributed by atoms with Gasteiger partial charge < -0.3 is 15.2 Å². The summed E-state index contributed by atoms with van der Waals surface area (Å²) in [5, 5.41) is 6.72. The fourth-order valence-corrected chi connectivity index (χ4v) is 8.73. The molecular formula is C29H26N4O6S3. The van der Waals surface area contributed by atoms with E-state index in [1.807, 2.05) is 47.2 Å². The molecule has 2 fully saturated rings. The van der Waals surface area contributed by atoms with E-state index in [1.165, 1.54) is 34.6 Å². The Morgan fingerprint density at radius 3 is 2.45 bits per heavy atom. The molecule has 3 unspecified atom stereocenters. The molecule has 1 aromatic carbocycles. The van der Waals surface area contributed by atoms with Gasteiger partial charge in [-0.2, -0.15) is 4.31 Å². The Morgan fingerprint density at radius 1 is 1.00 bits per heavy atom. The molecule has 2 aliphatic heterocycles. The number of nitrogens with one attached hydrogen (secondary N) is 2. The van der Waals surface area contributed by atoms with Crippen LogP contribution >= 0.6 is 22.7 Å². The van der Waals surface area contributed by atoms with Crippen molar-refractivity contribution in [1.82, 2.24) is 19.5 Å². The summed E-state index contributed by atoms with van der Waals surface area (Å²) in [4.78, 5) is 57.9. The van der Waals surface area contributed by atoms with Gasteiger partial charge in [0.25, 0.3) is 11.5 Å². The van der Waals surface area contributed by atoms with Gasteiger partial charge in [0, 0.05) is 34.5 Å². The van der Waals surface area contributed by atoms with Crippen molar-refractivity contribution >= 4 is 50.3 Å². The van der Waals surface area contributed by atoms with E-state index in [0.717, 1.165) is 19.6 Å². The van der Waals surface area contributed by atoms with Gasteiger partial charge in [-0.3, -0.25) is 19.2 Å². The molecule has 2 N–H and O–H groups in total. The maximum Gasteiger partial charge on any atom is 0.268 e. The topological polar surface area (TPSA) is 137 Å². The van der Waals surface area contributed by atoms with Gasteiger partial charge in [-0.15, -0.1) is 22.7 Å². The highest BCUT2D eigenvalue weighted by atomic mass is 32.2. The van der Waals surface area contributed by atoms with Crippen molar-refractivity contribution in [2.75, 3.05) is 13.1 Å². The maximum atomic E-state index is 14.0. The lowest BCUT2D eigenvalue weighted by Crippen LogP contribution is -2.53. The van der Waals surface area contributed by atoms with Gasteiger partial charge in [-0.25, -0.2) is 8.42 Å². The monoisotopic (exact) mass is 622 g/mol. The van der Waals surface area contributed by atoms with Crippen LogP contribution in [0, 0.1) is 0 Å². The zero-order chi connectivity index (χ0) is 29.4. The molecule has 13 heteroatoms. The highest BCUT2D eigenvalue weighted by Gasteiger charge is 2.54. The summed E-state index contributed by atoms with van der Waals surface area (Å²) in [7, 11) is -4.28. The standard InChI is InChI=1S/C29H26N4O6S3/c34-23-17-33(42(38,39)25-6-1-12-30-28(25)36)22-11-13-32(26(22)23)29(37)21(16-20-4-2-14-40-20)31-27(35)19-9-7-18(8-10-19)24-5-3-15-41-24/h1-10,12,14-15,21-22,26H,11,13,16-17H2,(H,30,36)(H,31,35). The highest BCUT2D eigenvalue weighted by Crippen LogP contribution is 2.34. The van der Waals surface area contributed by atoms with Crippen LogP contribution < -0.4 is 10.9 Å². The molecule has 2 saturated heterocycles.